The summed E-state index contributed by atoms with van der Waals surface area (Å²) in [5.74, 6) is 0.504. The molecule has 2 unspecified atom stereocenters. The Morgan fingerprint density at radius 1 is 1.19 bits per heavy atom. The van der Waals surface area contributed by atoms with Crippen LogP contribution in [-0.2, 0) is 14.0 Å². The van der Waals surface area contributed by atoms with E-state index in [0.29, 0.717) is 22.4 Å². The van der Waals surface area contributed by atoms with E-state index >= 15 is 0 Å². The van der Waals surface area contributed by atoms with Crippen LogP contribution in [0.5, 0.6) is 0 Å². The van der Waals surface area contributed by atoms with E-state index in [0.717, 1.165) is 12.0 Å². The number of carbonyl (C=O) groups is 1. The Balaban J connectivity index is 2.11. The van der Waals surface area contributed by atoms with Crippen molar-refractivity contribution >= 4 is 14.1 Å². The van der Waals surface area contributed by atoms with Gasteiger partial charge in [0.2, 0.25) is 8.32 Å². The van der Waals surface area contributed by atoms with E-state index < -0.39 is 13.7 Å². The topological polar surface area (TPSA) is 35.5 Å². The number of carbonyl (C=O) groups excluding carboxylic acids is 1. The summed E-state index contributed by atoms with van der Waals surface area (Å²) in [6.07, 6.45) is 4.65. The second kappa shape index (κ2) is 6.96. The zero-order chi connectivity index (χ0) is 20.3. The van der Waals surface area contributed by atoms with E-state index in [-0.39, 0.29) is 30.1 Å². The largest absolute Gasteiger partial charge is 0.411 e. The van der Waals surface area contributed by atoms with Crippen LogP contribution in [0.3, 0.4) is 0 Å². The van der Waals surface area contributed by atoms with Gasteiger partial charge in [0.1, 0.15) is 5.78 Å². The SMILES string of the molecule is C=C(C)C1C[C@@H]2C(=O)[C@](C)(C1O[Si](C(C)C)(C(C)C)C(C)C)[C@H]1C=C[C@@H]2O1. The lowest BCUT2D eigenvalue weighted by atomic mass is 9.58. The predicted octanol–water partition coefficient (Wildman–Crippen LogP) is 5.67. The van der Waals surface area contributed by atoms with Gasteiger partial charge in [-0.3, -0.25) is 4.79 Å². The molecule has 3 rings (SSSR count). The predicted molar refractivity (Wildman–Crippen MR) is 113 cm³/mol. The van der Waals surface area contributed by atoms with Gasteiger partial charge < -0.3 is 9.16 Å². The molecule has 2 aliphatic heterocycles. The molecule has 1 saturated carbocycles. The third kappa shape index (κ3) is 2.86. The highest BCUT2D eigenvalue weighted by Gasteiger charge is 2.65. The van der Waals surface area contributed by atoms with Gasteiger partial charge in [-0.25, -0.2) is 0 Å². The van der Waals surface area contributed by atoms with Gasteiger partial charge in [0, 0.05) is 11.8 Å². The zero-order valence-corrected chi connectivity index (χ0v) is 19.4. The Bertz CT molecular complexity index is 628. The first kappa shape index (κ1) is 21.0. The summed E-state index contributed by atoms with van der Waals surface area (Å²) in [7, 11) is -2.14. The molecule has 0 amide bonds. The van der Waals surface area contributed by atoms with Gasteiger partial charge in [0.25, 0.3) is 0 Å². The molecule has 0 aromatic rings. The van der Waals surface area contributed by atoms with Crippen LogP contribution in [0.2, 0.25) is 16.6 Å². The number of hydrogen-bond donors (Lipinski definition) is 0. The highest BCUT2D eigenvalue weighted by Crippen LogP contribution is 2.56. The second-order valence-electron chi connectivity index (χ2n) is 10.2. The first-order valence-electron chi connectivity index (χ1n) is 10.7. The van der Waals surface area contributed by atoms with Crippen molar-refractivity contribution in [3.63, 3.8) is 0 Å². The first-order valence-corrected chi connectivity index (χ1v) is 12.8. The maximum absolute atomic E-state index is 13.5. The van der Waals surface area contributed by atoms with E-state index in [1.165, 1.54) is 0 Å². The van der Waals surface area contributed by atoms with Gasteiger partial charge in [-0.15, -0.1) is 0 Å². The number of Topliss-reactive ketones (excluding diaryl/α,β-unsaturated/α-hetero) is 1. The van der Waals surface area contributed by atoms with E-state index in [2.05, 4.69) is 74.1 Å². The summed E-state index contributed by atoms with van der Waals surface area (Å²) in [6.45, 7) is 22.4. The fourth-order valence-electron chi connectivity index (χ4n) is 6.38. The molecule has 2 heterocycles. The van der Waals surface area contributed by atoms with Crippen molar-refractivity contribution in [2.45, 2.75) is 96.7 Å². The molecule has 3 nitrogen and oxygen atoms in total. The van der Waals surface area contributed by atoms with E-state index in [1.54, 1.807) is 0 Å². The van der Waals surface area contributed by atoms with Gasteiger partial charge in [-0.05, 0) is 36.9 Å². The van der Waals surface area contributed by atoms with Crippen LogP contribution in [0.15, 0.2) is 24.3 Å². The van der Waals surface area contributed by atoms with Crippen molar-refractivity contribution in [3.05, 3.63) is 24.3 Å². The fraction of sp³-hybridized carbons (Fsp3) is 0.783. The standard InChI is InChI=1S/C23H38O3Si/c1-13(2)17-12-18-19-10-11-20(25-19)23(9,21(18)24)22(17)26-27(14(3)4,15(5)6)16(7)8/h10-11,14-20,22H,1,12H2,2-9H3/t17?,18-,19-,20+,22?,23+/m0/s1. The Hall–Kier alpha value is -0.713. The van der Waals surface area contributed by atoms with E-state index in [1.807, 2.05) is 0 Å². The number of fused-ring (bicyclic) bond motifs is 6. The average molecular weight is 391 g/mol. The molecule has 152 valence electrons. The van der Waals surface area contributed by atoms with Crippen LogP contribution in [0.1, 0.15) is 61.8 Å². The fourth-order valence-corrected chi connectivity index (χ4v) is 12.0. The van der Waals surface area contributed by atoms with Gasteiger partial charge in [0.15, 0.2) is 0 Å². The van der Waals surface area contributed by atoms with Crippen molar-refractivity contribution < 1.29 is 14.0 Å². The van der Waals surface area contributed by atoms with Crippen molar-refractivity contribution in [2.75, 3.05) is 0 Å². The first-order chi connectivity index (χ1) is 12.5. The second-order valence-corrected chi connectivity index (χ2v) is 15.6. The summed E-state index contributed by atoms with van der Waals surface area (Å²) in [5, 5.41) is 0. The maximum atomic E-state index is 13.5. The van der Waals surface area contributed by atoms with E-state index in [9.17, 15) is 4.79 Å². The van der Waals surface area contributed by atoms with Crippen molar-refractivity contribution in [1.82, 2.24) is 0 Å². The van der Waals surface area contributed by atoms with Crippen LogP contribution in [-0.4, -0.2) is 32.4 Å². The molecule has 27 heavy (non-hydrogen) atoms. The average Bonchev–Trinajstić information content (AvgIpc) is 3.02. The lowest BCUT2D eigenvalue weighted by molar-refractivity contribution is -0.188. The molecule has 1 aliphatic carbocycles. The molecular formula is C23H38O3Si. The van der Waals surface area contributed by atoms with E-state index in [4.69, 9.17) is 9.16 Å². The highest BCUT2D eigenvalue weighted by atomic mass is 28.4. The Morgan fingerprint density at radius 3 is 2.22 bits per heavy atom. The van der Waals surface area contributed by atoms with Gasteiger partial charge >= 0.3 is 0 Å². The van der Waals surface area contributed by atoms with Crippen LogP contribution >= 0.6 is 0 Å². The molecule has 0 aromatic carbocycles. The molecule has 2 fully saturated rings. The van der Waals surface area contributed by atoms with Crippen LogP contribution < -0.4 is 0 Å². The number of ether oxygens (including phenoxy) is 1. The number of hydrogen-bond acceptors (Lipinski definition) is 3. The summed E-state index contributed by atoms with van der Waals surface area (Å²) in [5.41, 5.74) is 1.97. The molecule has 1 saturated heterocycles. The lowest BCUT2D eigenvalue weighted by Gasteiger charge is -2.57. The number of ketones is 1. The normalized spacial score (nSPS) is 38.3. The molecule has 0 spiro atoms. The molecule has 3 aliphatic rings. The summed E-state index contributed by atoms with van der Waals surface area (Å²) in [6, 6.07) is 0. The zero-order valence-electron chi connectivity index (χ0n) is 18.4. The molecule has 0 aromatic heterocycles. The quantitative estimate of drug-likeness (QED) is 0.433. The molecule has 0 N–H and O–H groups in total. The van der Waals surface area contributed by atoms with Gasteiger partial charge in [0.05, 0.1) is 23.7 Å². The van der Waals surface area contributed by atoms with Crippen LogP contribution in [0.4, 0.5) is 0 Å². The van der Waals surface area contributed by atoms with Crippen molar-refractivity contribution in [3.8, 4) is 0 Å². The van der Waals surface area contributed by atoms with Gasteiger partial charge in [-0.2, -0.15) is 0 Å². The minimum Gasteiger partial charge on any atom is -0.411 e. The van der Waals surface area contributed by atoms with Gasteiger partial charge in [-0.1, -0.05) is 65.8 Å². The lowest BCUT2D eigenvalue weighted by Crippen LogP contribution is -2.66. The Labute approximate surface area is 166 Å². The monoisotopic (exact) mass is 390 g/mol. The summed E-state index contributed by atoms with van der Waals surface area (Å²) in [4.78, 5) is 13.5. The maximum Gasteiger partial charge on any atom is 0.200 e. The Kier molecular flexibility index (Phi) is 5.42. The Morgan fingerprint density at radius 2 is 1.74 bits per heavy atom. The van der Waals surface area contributed by atoms with Crippen molar-refractivity contribution in [2.24, 2.45) is 17.3 Å². The third-order valence-corrected chi connectivity index (χ3v) is 13.8. The molecule has 4 heteroatoms. The third-order valence-electron chi connectivity index (χ3n) is 7.77. The van der Waals surface area contributed by atoms with Crippen LogP contribution in [0.25, 0.3) is 0 Å². The van der Waals surface area contributed by atoms with Crippen LogP contribution in [0, 0.1) is 17.3 Å². The smallest absolute Gasteiger partial charge is 0.200 e. The minimum atomic E-state index is -2.14. The summed E-state index contributed by atoms with van der Waals surface area (Å²) >= 11 is 0. The van der Waals surface area contributed by atoms with Crippen molar-refractivity contribution in [1.29, 1.82) is 0 Å². The molecule has 4 bridgehead atoms. The number of rotatable bonds is 6. The summed E-state index contributed by atoms with van der Waals surface area (Å²) < 4.78 is 13.6. The minimum absolute atomic E-state index is 0.0549. The molecular weight excluding hydrogens is 352 g/mol. The molecule has 6 atom stereocenters. The highest BCUT2D eigenvalue weighted by molar-refractivity contribution is 6.77. The molecule has 0 radical (unpaired) electrons.